The van der Waals surface area contributed by atoms with Crippen molar-refractivity contribution >= 4 is 17.4 Å². The van der Waals surface area contributed by atoms with Crippen LogP contribution in [-0.4, -0.2) is 42.0 Å². The second-order valence-corrected chi connectivity index (χ2v) is 8.22. The molecule has 1 aliphatic heterocycles. The quantitative estimate of drug-likeness (QED) is 0.256. The maximum Gasteiger partial charge on any atom is 0.295 e. The highest BCUT2D eigenvalue weighted by Gasteiger charge is 2.46. The molecule has 1 N–H and O–H groups in total. The predicted octanol–water partition coefficient (Wildman–Crippen LogP) is 5.11. The summed E-state index contributed by atoms with van der Waals surface area (Å²) in [6, 6.07) is 20.7. The number of carbonyl (C=O) groups excluding carboxylic acids is 2. The van der Waals surface area contributed by atoms with Crippen molar-refractivity contribution in [3.8, 4) is 17.2 Å². The van der Waals surface area contributed by atoms with Gasteiger partial charge in [0.15, 0.2) is 11.5 Å². The summed E-state index contributed by atoms with van der Waals surface area (Å²) in [6.07, 6.45) is 0. The van der Waals surface area contributed by atoms with Gasteiger partial charge in [0.1, 0.15) is 11.5 Å². The number of ether oxygens (including phenoxy) is 3. The first-order valence-electron chi connectivity index (χ1n) is 11.8. The Bertz CT molecular complexity index is 1280. The molecule has 0 bridgehead atoms. The first-order valence-corrected chi connectivity index (χ1v) is 11.8. The SMILES string of the molecule is CCOc1cccc(C(O)=C2C(=O)C(=O)N(Cc3ccccc3)C2c2ccc(OCC)c(OC)c2)c1. The van der Waals surface area contributed by atoms with E-state index in [9.17, 15) is 14.7 Å². The Morgan fingerprint density at radius 3 is 2.33 bits per heavy atom. The topological polar surface area (TPSA) is 85.3 Å². The van der Waals surface area contributed by atoms with Crippen LogP contribution in [0.1, 0.15) is 36.6 Å². The number of nitrogens with zero attached hydrogens (tertiary/aromatic N) is 1. The van der Waals surface area contributed by atoms with Crippen molar-refractivity contribution in [3.63, 3.8) is 0 Å². The van der Waals surface area contributed by atoms with Gasteiger partial charge >= 0.3 is 0 Å². The molecule has 0 aromatic heterocycles. The molecule has 7 heteroatoms. The zero-order valence-corrected chi connectivity index (χ0v) is 20.6. The van der Waals surface area contributed by atoms with Gasteiger partial charge in [0.25, 0.3) is 11.7 Å². The zero-order valence-electron chi connectivity index (χ0n) is 20.6. The molecule has 1 aliphatic rings. The van der Waals surface area contributed by atoms with E-state index in [4.69, 9.17) is 14.2 Å². The van der Waals surface area contributed by atoms with E-state index in [1.165, 1.54) is 12.0 Å². The Hall–Kier alpha value is -4.26. The molecule has 1 unspecified atom stereocenters. The van der Waals surface area contributed by atoms with Crippen LogP contribution in [0, 0.1) is 0 Å². The Kier molecular flexibility index (Phi) is 7.59. The normalized spacial score (nSPS) is 16.8. The van der Waals surface area contributed by atoms with E-state index in [-0.39, 0.29) is 17.9 Å². The minimum atomic E-state index is -0.828. The molecule has 0 spiro atoms. The molecular formula is C29H29NO6. The number of methoxy groups -OCH3 is 1. The Morgan fingerprint density at radius 2 is 1.64 bits per heavy atom. The summed E-state index contributed by atoms with van der Waals surface area (Å²) in [5, 5.41) is 11.4. The van der Waals surface area contributed by atoms with Gasteiger partial charge in [-0.25, -0.2) is 0 Å². The molecule has 1 heterocycles. The number of likely N-dealkylation sites (tertiary alicyclic amines) is 1. The van der Waals surface area contributed by atoms with Crippen LogP contribution < -0.4 is 14.2 Å². The third-order valence-electron chi connectivity index (χ3n) is 5.96. The van der Waals surface area contributed by atoms with E-state index >= 15 is 0 Å². The van der Waals surface area contributed by atoms with Crippen LogP contribution >= 0.6 is 0 Å². The summed E-state index contributed by atoms with van der Waals surface area (Å²) < 4.78 is 16.7. The number of rotatable bonds is 9. The molecule has 0 radical (unpaired) electrons. The van der Waals surface area contributed by atoms with E-state index in [1.807, 2.05) is 44.2 Å². The smallest absolute Gasteiger partial charge is 0.295 e. The van der Waals surface area contributed by atoms with Crippen molar-refractivity contribution < 1.29 is 28.9 Å². The highest BCUT2D eigenvalue weighted by molar-refractivity contribution is 6.46. The van der Waals surface area contributed by atoms with Crippen molar-refractivity contribution in [2.24, 2.45) is 0 Å². The number of aliphatic hydroxyl groups excluding tert-OH is 1. The number of aliphatic hydroxyl groups is 1. The van der Waals surface area contributed by atoms with E-state index in [0.717, 1.165) is 5.56 Å². The van der Waals surface area contributed by atoms with Gasteiger partial charge in [-0.3, -0.25) is 9.59 Å². The third-order valence-corrected chi connectivity index (χ3v) is 5.96. The number of hydrogen-bond donors (Lipinski definition) is 1. The van der Waals surface area contributed by atoms with Gasteiger partial charge in [0.05, 0.1) is 31.9 Å². The average molecular weight is 488 g/mol. The average Bonchev–Trinajstić information content (AvgIpc) is 3.14. The van der Waals surface area contributed by atoms with Crippen molar-refractivity contribution in [2.75, 3.05) is 20.3 Å². The van der Waals surface area contributed by atoms with Gasteiger partial charge < -0.3 is 24.2 Å². The molecular weight excluding hydrogens is 458 g/mol. The van der Waals surface area contributed by atoms with Crippen LogP contribution in [0.25, 0.3) is 5.76 Å². The van der Waals surface area contributed by atoms with Crippen LogP contribution in [0.5, 0.6) is 17.2 Å². The summed E-state index contributed by atoms with van der Waals surface area (Å²) in [4.78, 5) is 28.1. The van der Waals surface area contributed by atoms with Crippen molar-refractivity contribution in [2.45, 2.75) is 26.4 Å². The molecule has 7 nitrogen and oxygen atoms in total. The van der Waals surface area contributed by atoms with Gasteiger partial charge in [-0.15, -0.1) is 0 Å². The highest BCUT2D eigenvalue weighted by Crippen LogP contribution is 2.43. The van der Waals surface area contributed by atoms with Crippen LogP contribution in [0.2, 0.25) is 0 Å². The Labute approximate surface area is 210 Å². The number of ketones is 1. The standard InChI is InChI=1S/C29H29NO6/c1-4-35-22-13-9-12-21(16-22)27(31)25-26(20-14-15-23(36-5-2)24(17-20)34-3)30(29(33)28(25)32)18-19-10-7-6-8-11-19/h6-17,26,31H,4-5,18H2,1-3H3. The molecule has 4 rings (SSSR count). The van der Waals surface area contributed by atoms with Gasteiger partial charge in [-0.1, -0.05) is 48.5 Å². The number of carbonyl (C=O) groups is 2. The molecule has 36 heavy (non-hydrogen) atoms. The number of benzene rings is 3. The predicted molar refractivity (Wildman–Crippen MR) is 136 cm³/mol. The molecule has 3 aromatic carbocycles. The molecule has 0 aliphatic carbocycles. The third kappa shape index (κ3) is 4.91. The van der Waals surface area contributed by atoms with Gasteiger partial charge in [0, 0.05) is 12.1 Å². The number of amides is 1. The minimum Gasteiger partial charge on any atom is -0.507 e. The lowest BCUT2D eigenvalue weighted by molar-refractivity contribution is -0.140. The monoisotopic (exact) mass is 487 g/mol. The highest BCUT2D eigenvalue weighted by atomic mass is 16.5. The van der Waals surface area contributed by atoms with Gasteiger partial charge in [-0.05, 0) is 49.2 Å². The number of hydrogen-bond acceptors (Lipinski definition) is 6. The molecule has 186 valence electrons. The lowest BCUT2D eigenvalue weighted by Crippen LogP contribution is -2.29. The summed E-state index contributed by atoms with van der Waals surface area (Å²) >= 11 is 0. The number of Topliss-reactive ketones (excluding diaryl/α,β-unsaturated/α-hetero) is 1. The summed E-state index contributed by atoms with van der Waals surface area (Å²) in [5.74, 6) is -0.115. The van der Waals surface area contributed by atoms with Crippen molar-refractivity contribution in [1.82, 2.24) is 4.90 Å². The Balaban J connectivity index is 1.87. The molecule has 1 saturated heterocycles. The molecule has 0 saturated carbocycles. The maximum absolute atomic E-state index is 13.3. The lowest BCUT2D eigenvalue weighted by atomic mass is 9.94. The van der Waals surface area contributed by atoms with E-state index in [0.29, 0.717) is 41.6 Å². The first-order chi connectivity index (χ1) is 17.5. The van der Waals surface area contributed by atoms with Crippen LogP contribution in [-0.2, 0) is 16.1 Å². The largest absolute Gasteiger partial charge is 0.507 e. The fourth-order valence-corrected chi connectivity index (χ4v) is 4.35. The molecule has 1 amide bonds. The second-order valence-electron chi connectivity index (χ2n) is 8.22. The van der Waals surface area contributed by atoms with E-state index in [2.05, 4.69) is 0 Å². The molecule has 3 aromatic rings. The van der Waals surface area contributed by atoms with Gasteiger partial charge in [0.2, 0.25) is 0 Å². The van der Waals surface area contributed by atoms with Crippen LogP contribution in [0.15, 0.2) is 78.4 Å². The molecule has 1 atom stereocenters. The summed E-state index contributed by atoms with van der Waals surface area (Å²) in [5.41, 5.74) is 1.88. The van der Waals surface area contributed by atoms with E-state index < -0.39 is 17.7 Å². The molecule has 1 fully saturated rings. The lowest BCUT2D eigenvalue weighted by Gasteiger charge is -2.26. The van der Waals surface area contributed by atoms with Crippen molar-refractivity contribution in [3.05, 3.63) is 95.1 Å². The summed E-state index contributed by atoms with van der Waals surface area (Å²) in [7, 11) is 1.53. The Morgan fingerprint density at radius 1 is 0.889 bits per heavy atom. The fraction of sp³-hybridized carbons (Fsp3) is 0.241. The minimum absolute atomic E-state index is 0.00999. The maximum atomic E-state index is 13.3. The zero-order chi connectivity index (χ0) is 25.7. The van der Waals surface area contributed by atoms with E-state index in [1.54, 1.807) is 42.5 Å². The second kappa shape index (κ2) is 11.0. The van der Waals surface area contributed by atoms with Crippen LogP contribution in [0.3, 0.4) is 0 Å². The summed E-state index contributed by atoms with van der Waals surface area (Å²) in [6.45, 7) is 4.84. The van der Waals surface area contributed by atoms with Crippen molar-refractivity contribution in [1.29, 1.82) is 0 Å². The van der Waals surface area contributed by atoms with Gasteiger partial charge in [-0.2, -0.15) is 0 Å². The van der Waals surface area contributed by atoms with Crippen LogP contribution in [0.4, 0.5) is 0 Å². The first kappa shape index (κ1) is 24.9. The fourth-order valence-electron chi connectivity index (χ4n) is 4.35.